The normalized spacial score (nSPS) is 51.4. The molecular formula is C53H80N4O11. The van der Waals surface area contributed by atoms with Gasteiger partial charge in [0.2, 0.25) is 5.91 Å². The molecule has 2 saturated heterocycles. The van der Waals surface area contributed by atoms with E-state index < -0.39 is 92.0 Å². The van der Waals surface area contributed by atoms with Crippen LogP contribution in [0.1, 0.15) is 130 Å². The minimum absolute atomic E-state index is 0.00233. The Morgan fingerprint density at radius 3 is 2.32 bits per heavy atom. The number of amides is 1. The second kappa shape index (κ2) is 16.7. The van der Waals surface area contributed by atoms with Crippen molar-refractivity contribution in [1.82, 2.24) is 15.3 Å². The lowest BCUT2D eigenvalue weighted by atomic mass is 9.31. The Morgan fingerprint density at radius 2 is 1.66 bits per heavy atom. The number of ether oxygens (including phenoxy) is 2. The van der Waals surface area contributed by atoms with E-state index in [0.29, 0.717) is 77.2 Å². The van der Waals surface area contributed by atoms with Gasteiger partial charge in [-0.15, -0.1) is 0 Å². The minimum Gasteiger partial charge on any atom is -0.481 e. The molecule has 1 aromatic rings. The van der Waals surface area contributed by atoms with Crippen molar-refractivity contribution in [2.75, 3.05) is 26.4 Å². The molecule has 2 aliphatic heterocycles. The van der Waals surface area contributed by atoms with Crippen LogP contribution in [-0.2, 0) is 24.5 Å². The highest BCUT2D eigenvalue weighted by Crippen LogP contribution is 2.78. The van der Waals surface area contributed by atoms with Gasteiger partial charge < -0.3 is 61.3 Å². The molecule has 5 saturated carbocycles. The molecule has 9 aliphatic rings. The van der Waals surface area contributed by atoms with Crippen LogP contribution >= 0.6 is 0 Å². The van der Waals surface area contributed by atoms with Gasteiger partial charge in [-0.25, -0.2) is 4.98 Å². The van der Waals surface area contributed by atoms with Crippen molar-refractivity contribution in [3.8, 4) is 0 Å². The van der Waals surface area contributed by atoms with Crippen molar-refractivity contribution in [3.05, 3.63) is 42.0 Å². The number of H-pyrrole nitrogens is 1. The highest BCUT2D eigenvalue weighted by Gasteiger charge is 2.76. The number of hydrogen-bond acceptors (Lipinski definition) is 12. The molecular weight excluding hydrogens is 869 g/mol. The summed E-state index contributed by atoms with van der Waals surface area (Å²) in [5.74, 6) is -2.47. The van der Waals surface area contributed by atoms with Gasteiger partial charge in [-0.05, 0) is 135 Å². The lowest BCUT2D eigenvalue weighted by Crippen LogP contribution is -2.74. The topological polar surface area (TPSA) is 261 Å². The Bertz CT molecular complexity index is 2170. The molecule has 3 heterocycles. The molecule has 7 aliphatic carbocycles. The molecule has 68 heavy (non-hydrogen) atoms. The molecule has 0 radical (unpaired) electrons. The molecule has 1 spiro atoms. The van der Waals surface area contributed by atoms with E-state index in [0.717, 1.165) is 25.0 Å². The second-order valence-corrected chi connectivity index (χ2v) is 25.0. The van der Waals surface area contributed by atoms with E-state index in [1.54, 1.807) is 6.33 Å². The van der Waals surface area contributed by atoms with E-state index in [-0.39, 0.29) is 61.4 Å². The molecule has 378 valence electrons. The molecule has 11 N–H and O–H groups in total. The summed E-state index contributed by atoms with van der Waals surface area (Å²) in [5, 5.41) is 83.8. The van der Waals surface area contributed by atoms with Gasteiger partial charge in [0.05, 0.1) is 48.0 Å². The number of imidazole rings is 1. The highest BCUT2D eigenvalue weighted by molar-refractivity contribution is 5.87. The number of aliphatic hydroxyl groups is 6. The third kappa shape index (κ3) is 6.37. The average molecular weight is 949 g/mol. The number of carbonyl (C=O) groups excluding carboxylic acids is 1. The van der Waals surface area contributed by atoms with Crippen LogP contribution in [-0.4, -0.2) is 127 Å². The summed E-state index contributed by atoms with van der Waals surface area (Å²) in [4.78, 5) is 36.4. The quantitative estimate of drug-likeness (QED) is 0.117. The summed E-state index contributed by atoms with van der Waals surface area (Å²) in [7, 11) is 0. The number of carbonyl (C=O) groups is 2. The molecule has 15 nitrogen and oxygen atoms in total. The molecule has 20 unspecified atom stereocenters. The summed E-state index contributed by atoms with van der Waals surface area (Å²) in [5.41, 5.74) is 3.04. The van der Waals surface area contributed by atoms with Crippen LogP contribution in [0.25, 0.3) is 0 Å². The Labute approximate surface area is 401 Å². The number of hydrogen-bond donors (Lipinski definition) is 10. The summed E-state index contributed by atoms with van der Waals surface area (Å²) in [6.45, 7) is 11.0. The van der Waals surface area contributed by atoms with Crippen molar-refractivity contribution in [2.45, 2.75) is 173 Å². The van der Waals surface area contributed by atoms with Crippen LogP contribution in [0.3, 0.4) is 0 Å². The maximum atomic E-state index is 15.0. The average Bonchev–Trinajstić information content (AvgIpc) is 4.10. The standard InChI is InChI=1S/C53H80N4O11/c1-46(26-58)18-20-51(45(65)66)21-19-48(3)30(31(51)23-46)9-10-34-49(48,4)16-12-33-47(2,27-59)42(68-43-40(63)38(61)32(60)25-67-43)39(62)36(50(33,34)5)29-11-17-52(15-8-22-54,35-24-55-28-56-35)41-37(29)53(44(64)57-41)13-6-7-14-53/h9,11,17,24,28-29,31-34,36-43,58-63H,6-8,10,12-16,18-23,25-27,54H2,1-5H3,(H,55,56)(H,57,64)(H,65,66). The van der Waals surface area contributed by atoms with Crippen LogP contribution in [0.15, 0.2) is 36.3 Å². The first-order valence-electron chi connectivity index (χ1n) is 26.1. The molecule has 0 bridgehead atoms. The van der Waals surface area contributed by atoms with E-state index in [2.05, 4.69) is 61.2 Å². The SMILES string of the molecule is CC1(CO)CCC2(C(=O)O)CCC3(C)C(=CCC4C5(C)C(C6C=CC(CCCN)(c7cnc[nH]7)C7NC(=O)C8(CCCC8)C67)C(O)C(OC6OCC(O)C(O)C6O)C(C)(CO)C5CCC43C)C2C1. The first-order chi connectivity index (χ1) is 32.2. The maximum absolute atomic E-state index is 15.0. The third-order valence-electron chi connectivity index (χ3n) is 22.4. The molecule has 10 rings (SSSR count). The van der Waals surface area contributed by atoms with Gasteiger partial charge in [-0.2, -0.15) is 0 Å². The smallest absolute Gasteiger partial charge is 0.310 e. The molecule has 1 amide bonds. The van der Waals surface area contributed by atoms with Crippen molar-refractivity contribution >= 4 is 11.9 Å². The number of nitrogens with two attached hydrogens (primary N) is 1. The van der Waals surface area contributed by atoms with Crippen LogP contribution < -0.4 is 11.1 Å². The number of aromatic amines is 1. The highest BCUT2D eigenvalue weighted by atomic mass is 16.7. The lowest BCUT2D eigenvalue weighted by Gasteiger charge is -2.74. The Balaban J connectivity index is 1.17. The number of nitrogens with zero attached hydrogens (tertiary/aromatic N) is 1. The third-order valence-corrected chi connectivity index (χ3v) is 22.4. The molecule has 7 fully saturated rings. The van der Waals surface area contributed by atoms with E-state index in [4.69, 9.17) is 15.2 Å². The Hall–Kier alpha value is -2.73. The van der Waals surface area contributed by atoms with Gasteiger partial charge in [0, 0.05) is 35.9 Å². The lowest BCUT2D eigenvalue weighted by molar-refractivity contribution is -0.343. The van der Waals surface area contributed by atoms with Crippen LogP contribution in [0.5, 0.6) is 0 Å². The molecule has 0 aromatic carbocycles. The van der Waals surface area contributed by atoms with Gasteiger partial charge in [0.25, 0.3) is 0 Å². The summed E-state index contributed by atoms with van der Waals surface area (Å²) in [6, 6.07) is -0.366. The zero-order chi connectivity index (χ0) is 48.6. The fraction of sp³-hybridized carbons (Fsp3) is 0.830. The van der Waals surface area contributed by atoms with E-state index in [1.807, 2.05) is 13.1 Å². The van der Waals surface area contributed by atoms with Gasteiger partial charge in [0.1, 0.15) is 18.3 Å². The molecule has 15 heteroatoms. The van der Waals surface area contributed by atoms with Gasteiger partial charge >= 0.3 is 5.97 Å². The monoisotopic (exact) mass is 949 g/mol. The number of aliphatic hydroxyl groups excluding tert-OH is 6. The number of nitrogens with one attached hydrogen (secondary N) is 2. The molecule has 20 atom stereocenters. The van der Waals surface area contributed by atoms with Gasteiger partial charge in [-0.1, -0.05) is 71.3 Å². The first-order valence-corrected chi connectivity index (χ1v) is 26.1. The Morgan fingerprint density at radius 1 is 0.926 bits per heavy atom. The largest absolute Gasteiger partial charge is 0.481 e. The number of carboxylic acids is 1. The fourth-order valence-electron chi connectivity index (χ4n) is 18.6. The number of carboxylic acid groups (broad SMARTS) is 1. The summed E-state index contributed by atoms with van der Waals surface area (Å²) >= 11 is 0. The predicted molar refractivity (Wildman–Crippen MR) is 250 cm³/mol. The van der Waals surface area contributed by atoms with Crippen LogP contribution in [0, 0.1) is 73.4 Å². The summed E-state index contributed by atoms with van der Waals surface area (Å²) in [6.07, 6.45) is 11.8. The van der Waals surface area contributed by atoms with Crippen molar-refractivity contribution in [3.63, 3.8) is 0 Å². The first kappa shape index (κ1) is 48.9. The van der Waals surface area contributed by atoms with Crippen LogP contribution in [0.4, 0.5) is 0 Å². The maximum Gasteiger partial charge on any atom is 0.310 e. The van der Waals surface area contributed by atoms with E-state index in [1.165, 1.54) is 5.57 Å². The van der Waals surface area contributed by atoms with Gasteiger partial charge in [0.15, 0.2) is 6.29 Å². The second-order valence-electron chi connectivity index (χ2n) is 25.0. The predicted octanol–water partition coefficient (Wildman–Crippen LogP) is 4.10. The van der Waals surface area contributed by atoms with Crippen molar-refractivity contribution in [1.29, 1.82) is 0 Å². The number of fused-ring (bicyclic) bond motifs is 9. The van der Waals surface area contributed by atoms with E-state index >= 15 is 4.79 Å². The number of rotatable bonds is 10. The van der Waals surface area contributed by atoms with Crippen molar-refractivity contribution in [2.24, 2.45) is 79.1 Å². The number of aromatic nitrogens is 2. The van der Waals surface area contributed by atoms with Crippen molar-refractivity contribution < 1.29 is 54.8 Å². The van der Waals surface area contributed by atoms with Gasteiger partial charge in [-0.3, -0.25) is 9.59 Å². The minimum atomic E-state index is -1.62. The zero-order valence-electron chi connectivity index (χ0n) is 40.9. The van der Waals surface area contributed by atoms with Crippen LogP contribution in [0.2, 0.25) is 0 Å². The number of allylic oxidation sites excluding steroid dienone is 3. The Kier molecular flexibility index (Phi) is 12.0. The zero-order valence-corrected chi connectivity index (χ0v) is 40.9. The fourth-order valence-corrected chi connectivity index (χ4v) is 18.6. The summed E-state index contributed by atoms with van der Waals surface area (Å²) < 4.78 is 12.7. The van der Waals surface area contributed by atoms with E-state index in [9.17, 15) is 40.5 Å². The molecule has 1 aromatic heterocycles. The number of aliphatic carboxylic acids is 1.